The van der Waals surface area contributed by atoms with E-state index in [0.29, 0.717) is 12.1 Å². The molecule has 0 aromatic carbocycles. The van der Waals surface area contributed by atoms with Crippen LogP contribution in [-0.2, 0) is 4.74 Å². The molecule has 0 spiro atoms. The predicted octanol–water partition coefficient (Wildman–Crippen LogP) is 0.796. The molecular formula is C10H19NO2. The van der Waals surface area contributed by atoms with Crippen molar-refractivity contribution in [3.8, 4) is 0 Å². The Kier molecular flexibility index (Phi) is 2.86. The zero-order valence-electron chi connectivity index (χ0n) is 7.98. The molecule has 2 aliphatic rings. The smallest absolute Gasteiger partial charge is 0.0837 e. The third kappa shape index (κ3) is 2.22. The fourth-order valence-corrected chi connectivity index (χ4v) is 2.41. The SMILES string of the molecule is NC1CCC(OC2CCCC2O)C1. The van der Waals surface area contributed by atoms with E-state index in [9.17, 15) is 5.11 Å². The Morgan fingerprint density at radius 3 is 2.54 bits per heavy atom. The number of hydrogen-bond donors (Lipinski definition) is 2. The van der Waals surface area contributed by atoms with Crippen LogP contribution in [0.4, 0.5) is 0 Å². The van der Waals surface area contributed by atoms with Crippen molar-refractivity contribution in [3.63, 3.8) is 0 Å². The van der Waals surface area contributed by atoms with Gasteiger partial charge in [-0.2, -0.15) is 0 Å². The second kappa shape index (κ2) is 3.95. The van der Waals surface area contributed by atoms with Crippen LogP contribution in [0.25, 0.3) is 0 Å². The summed E-state index contributed by atoms with van der Waals surface area (Å²) in [5.74, 6) is 0. The molecule has 0 radical (unpaired) electrons. The molecule has 0 aromatic rings. The second-order valence-corrected chi connectivity index (χ2v) is 4.37. The maximum atomic E-state index is 9.56. The molecule has 4 atom stereocenters. The lowest BCUT2D eigenvalue weighted by atomic mass is 10.2. The first-order valence-corrected chi connectivity index (χ1v) is 5.35. The van der Waals surface area contributed by atoms with Crippen molar-refractivity contribution in [1.29, 1.82) is 0 Å². The van der Waals surface area contributed by atoms with Crippen LogP contribution in [0.5, 0.6) is 0 Å². The van der Waals surface area contributed by atoms with Crippen molar-refractivity contribution in [1.82, 2.24) is 0 Å². The molecule has 0 amide bonds. The van der Waals surface area contributed by atoms with Gasteiger partial charge in [0.15, 0.2) is 0 Å². The molecule has 0 bridgehead atoms. The third-order valence-electron chi connectivity index (χ3n) is 3.21. The highest BCUT2D eigenvalue weighted by atomic mass is 16.5. The molecule has 0 aromatic heterocycles. The Morgan fingerprint density at radius 1 is 1.15 bits per heavy atom. The molecule has 0 saturated heterocycles. The molecular weight excluding hydrogens is 166 g/mol. The number of nitrogens with two attached hydrogens (primary N) is 1. The highest BCUT2D eigenvalue weighted by Crippen LogP contribution is 2.28. The molecule has 0 heterocycles. The Labute approximate surface area is 79.3 Å². The van der Waals surface area contributed by atoms with Gasteiger partial charge in [-0.05, 0) is 38.5 Å². The van der Waals surface area contributed by atoms with Gasteiger partial charge in [0.05, 0.1) is 18.3 Å². The van der Waals surface area contributed by atoms with E-state index in [0.717, 1.165) is 38.5 Å². The van der Waals surface area contributed by atoms with Crippen molar-refractivity contribution >= 4 is 0 Å². The molecule has 3 N–H and O–H groups in total. The van der Waals surface area contributed by atoms with Crippen LogP contribution in [0.3, 0.4) is 0 Å². The largest absolute Gasteiger partial charge is 0.390 e. The average Bonchev–Trinajstić information content (AvgIpc) is 2.64. The van der Waals surface area contributed by atoms with Gasteiger partial charge in [-0.15, -0.1) is 0 Å². The molecule has 2 fully saturated rings. The lowest BCUT2D eigenvalue weighted by Crippen LogP contribution is -2.28. The van der Waals surface area contributed by atoms with E-state index in [1.165, 1.54) is 0 Å². The molecule has 3 heteroatoms. The van der Waals surface area contributed by atoms with Crippen molar-refractivity contribution in [3.05, 3.63) is 0 Å². The Morgan fingerprint density at radius 2 is 2.00 bits per heavy atom. The Bertz CT molecular complexity index is 174. The van der Waals surface area contributed by atoms with Gasteiger partial charge in [-0.1, -0.05) is 0 Å². The lowest BCUT2D eigenvalue weighted by Gasteiger charge is -2.20. The van der Waals surface area contributed by atoms with Gasteiger partial charge in [0.1, 0.15) is 0 Å². The fourth-order valence-electron chi connectivity index (χ4n) is 2.41. The lowest BCUT2D eigenvalue weighted by molar-refractivity contribution is -0.0590. The molecule has 13 heavy (non-hydrogen) atoms. The van der Waals surface area contributed by atoms with Gasteiger partial charge >= 0.3 is 0 Å². The minimum absolute atomic E-state index is 0.0929. The summed E-state index contributed by atoms with van der Waals surface area (Å²) in [6.07, 6.45) is 6.34. The quantitative estimate of drug-likeness (QED) is 0.669. The summed E-state index contributed by atoms with van der Waals surface area (Å²) in [6.45, 7) is 0. The standard InChI is InChI=1S/C10H19NO2/c11-7-4-5-8(6-7)13-10-3-1-2-9(10)12/h7-10,12H,1-6,11H2. The number of rotatable bonds is 2. The second-order valence-electron chi connectivity index (χ2n) is 4.37. The first-order valence-electron chi connectivity index (χ1n) is 5.35. The van der Waals surface area contributed by atoms with E-state index in [1.807, 2.05) is 0 Å². The third-order valence-corrected chi connectivity index (χ3v) is 3.21. The van der Waals surface area contributed by atoms with Crippen LogP contribution in [0.2, 0.25) is 0 Å². The van der Waals surface area contributed by atoms with Crippen LogP contribution in [-0.4, -0.2) is 29.5 Å². The van der Waals surface area contributed by atoms with Crippen LogP contribution < -0.4 is 5.73 Å². The zero-order valence-corrected chi connectivity index (χ0v) is 7.98. The molecule has 76 valence electrons. The molecule has 2 saturated carbocycles. The molecule has 0 aliphatic heterocycles. The van der Waals surface area contributed by atoms with Gasteiger partial charge in [0.2, 0.25) is 0 Å². The van der Waals surface area contributed by atoms with E-state index in [-0.39, 0.29) is 12.2 Å². The molecule has 2 rings (SSSR count). The van der Waals surface area contributed by atoms with Gasteiger partial charge in [-0.3, -0.25) is 0 Å². The van der Waals surface area contributed by atoms with E-state index in [4.69, 9.17) is 10.5 Å². The minimum atomic E-state index is -0.225. The monoisotopic (exact) mass is 185 g/mol. The van der Waals surface area contributed by atoms with Gasteiger partial charge in [-0.25, -0.2) is 0 Å². The number of ether oxygens (including phenoxy) is 1. The molecule has 2 aliphatic carbocycles. The highest BCUT2D eigenvalue weighted by molar-refractivity contribution is 4.83. The van der Waals surface area contributed by atoms with E-state index in [1.54, 1.807) is 0 Å². The van der Waals surface area contributed by atoms with Crippen LogP contribution >= 0.6 is 0 Å². The summed E-state index contributed by atoms with van der Waals surface area (Å²) in [6, 6.07) is 0.323. The summed E-state index contributed by atoms with van der Waals surface area (Å²) in [5.41, 5.74) is 5.79. The number of aliphatic hydroxyl groups excluding tert-OH is 1. The fraction of sp³-hybridized carbons (Fsp3) is 1.00. The summed E-state index contributed by atoms with van der Waals surface area (Å²) >= 11 is 0. The van der Waals surface area contributed by atoms with Crippen LogP contribution in [0, 0.1) is 0 Å². The predicted molar refractivity (Wildman–Crippen MR) is 50.3 cm³/mol. The summed E-state index contributed by atoms with van der Waals surface area (Å²) in [4.78, 5) is 0. The van der Waals surface area contributed by atoms with Crippen LogP contribution in [0.15, 0.2) is 0 Å². The first kappa shape index (κ1) is 9.44. The van der Waals surface area contributed by atoms with Gasteiger partial charge in [0, 0.05) is 6.04 Å². The molecule has 3 nitrogen and oxygen atoms in total. The zero-order chi connectivity index (χ0) is 9.26. The van der Waals surface area contributed by atoms with E-state index < -0.39 is 0 Å². The summed E-state index contributed by atoms with van der Waals surface area (Å²) in [5, 5.41) is 9.56. The van der Waals surface area contributed by atoms with Crippen molar-refractivity contribution < 1.29 is 9.84 Å². The maximum Gasteiger partial charge on any atom is 0.0837 e. The van der Waals surface area contributed by atoms with Crippen molar-refractivity contribution in [2.24, 2.45) is 5.73 Å². The van der Waals surface area contributed by atoms with Crippen molar-refractivity contribution in [2.75, 3.05) is 0 Å². The first-order chi connectivity index (χ1) is 6.25. The Hall–Kier alpha value is -0.120. The highest BCUT2D eigenvalue weighted by Gasteiger charge is 2.31. The number of aliphatic hydroxyl groups is 1. The summed E-state index contributed by atoms with van der Waals surface area (Å²) < 4.78 is 5.82. The van der Waals surface area contributed by atoms with Crippen LogP contribution in [0.1, 0.15) is 38.5 Å². The normalized spacial score (nSPS) is 45.7. The molecule has 4 unspecified atom stereocenters. The summed E-state index contributed by atoms with van der Waals surface area (Å²) in [7, 11) is 0. The maximum absolute atomic E-state index is 9.56. The van der Waals surface area contributed by atoms with Gasteiger partial charge in [0.25, 0.3) is 0 Å². The van der Waals surface area contributed by atoms with Crippen molar-refractivity contribution in [2.45, 2.75) is 62.9 Å². The van der Waals surface area contributed by atoms with E-state index >= 15 is 0 Å². The van der Waals surface area contributed by atoms with E-state index in [2.05, 4.69) is 0 Å². The Balaban J connectivity index is 1.77. The number of hydrogen-bond acceptors (Lipinski definition) is 3. The minimum Gasteiger partial charge on any atom is -0.390 e. The van der Waals surface area contributed by atoms with Gasteiger partial charge < -0.3 is 15.6 Å². The average molecular weight is 185 g/mol. The topological polar surface area (TPSA) is 55.5 Å².